The van der Waals surface area contributed by atoms with Crippen LogP contribution in [0.15, 0.2) is 5.38 Å². The van der Waals surface area contributed by atoms with Gasteiger partial charge in [-0.3, -0.25) is 0 Å². The van der Waals surface area contributed by atoms with E-state index in [1.165, 1.54) is 23.4 Å². The summed E-state index contributed by atoms with van der Waals surface area (Å²) < 4.78 is 0. The van der Waals surface area contributed by atoms with Gasteiger partial charge in [0.05, 0.1) is 21.3 Å². The van der Waals surface area contributed by atoms with Crippen LogP contribution in [0.25, 0.3) is 10.6 Å². The minimum atomic E-state index is 0.694. The number of anilines is 1. The quantitative estimate of drug-likeness (QED) is 0.907. The number of hydrogen-bond donors (Lipinski definition) is 1. The first kappa shape index (κ1) is 10.2. The van der Waals surface area contributed by atoms with E-state index in [0.717, 1.165) is 15.8 Å². The Bertz CT molecular complexity index is 511. The Balaban J connectivity index is 2.03. The molecule has 0 spiro atoms. The van der Waals surface area contributed by atoms with E-state index >= 15 is 0 Å². The molecule has 0 saturated heterocycles. The van der Waals surface area contributed by atoms with Gasteiger partial charge in [-0.2, -0.15) is 0 Å². The van der Waals surface area contributed by atoms with E-state index in [4.69, 9.17) is 0 Å². The molecule has 0 bridgehead atoms. The van der Waals surface area contributed by atoms with E-state index in [2.05, 4.69) is 27.6 Å². The molecule has 0 unspecified atom stereocenters. The highest BCUT2D eigenvalue weighted by Crippen LogP contribution is 2.46. The monoisotopic (exact) mass is 251 g/mol. The molecule has 0 amide bonds. The third-order valence-electron chi connectivity index (χ3n) is 2.68. The second-order valence-corrected chi connectivity index (χ2v) is 6.07. The summed E-state index contributed by atoms with van der Waals surface area (Å²) in [4.78, 5) is 10.5. The van der Waals surface area contributed by atoms with Crippen molar-refractivity contribution in [1.82, 2.24) is 9.97 Å². The van der Waals surface area contributed by atoms with Crippen LogP contribution < -0.4 is 5.32 Å². The van der Waals surface area contributed by atoms with Gasteiger partial charge in [0.25, 0.3) is 0 Å². The molecular weight excluding hydrogens is 238 g/mol. The topological polar surface area (TPSA) is 37.8 Å². The Morgan fingerprint density at radius 1 is 1.38 bits per heavy atom. The van der Waals surface area contributed by atoms with Crippen molar-refractivity contribution in [3.05, 3.63) is 16.1 Å². The molecule has 0 aliphatic heterocycles. The van der Waals surface area contributed by atoms with Gasteiger partial charge >= 0.3 is 0 Å². The fourth-order valence-corrected chi connectivity index (χ4v) is 3.46. The van der Waals surface area contributed by atoms with Crippen LogP contribution in [0.2, 0.25) is 0 Å². The highest BCUT2D eigenvalue weighted by Gasteiger charge is 2.30. The molecule has 1 aliphatic carbocycles. The molecule has 84 valence electrons. The van der Waals surface area contributed by atoms with Crippen molar-refractivity contribution >= 4 is 27.8 Å². The molecule has 3 rings (SSSR count). The zero-order valence-electron chi connectivity index (χ0n) is 9.28. The highest BCUT2D eigenvalue weighted by molar-refractivity contribution is 7.16. The summed E-state index contributed by atoms with van der Waals surface area (Å²) in [5.74, 6) is 0.694. The van der Waals surface area contributed by atoms with Crippen LogP contribution in [-0.2, 0) is 0 Å². The number of rotatable bonds is 3. The third kappa shape index (κ3) is 1.74. The lowest BCUT2D eigenvalue weighted by Gasteiger charge is -1.95. The maximum atomic E-state index is 4.65. The normalized spacial score (nSPS) is 15.4. The average Bonchev–Trinajstić information content (AvgIpc) is 2.88. The first-order valence-electron chi connectivity index (χ1n) is 5.39. The van der Waals surface area contributed by atoms with Crippen LogP contribution in [0.3, 0.4) is 0 Å². The van der Waals surface area contributed by atoms with E-state index in [1.54, 1.807) is 22.7 Å². The zero-order chi connectivity index (χ0) is 11.1. The second kappa shape index (κ2) is 3.82. The smallest absolute Gasteiger partial charge is 0.182 e. The summed E-state index contributed by atoms with van der Waals surface area (Å²) in [6.07, 6.45) is 2.58. The summed E-state index contributed by atoms with van der Waals surface area (Å²) in [7, 11) is 1.91. The molecule has 2 aromatic rings. The number of thiazole rings is 2. The predicted molar refractivity (Wildman–Crippen MR) is 69.5 cm³/mol. The van der Waals surface area contributed by atoms with E-state index in [-0.39, 0.29) is 0 Å². The van der Waals surface area contributed by atoms with Crippen LogP contribution in [0.4, 0.5) is 5.13 Å². The number of nitrogens with zero attached hydrogens (tertiary/aromatic N) is 2. The number of aromatic nitrogens is 2. The highest BCUT2D eigenvalue weighted by atomic mass is 32.1. The molecule has 1 fully saturated rings. The van der Waals surface area contributed by atoms with Gasteiger partial charge in [0.2, 0.25) is 0 Å². The molecule has 1 N–H and O–H groups in total. The summed E-state index contributed by atoms with van der Waals surface area (Å²) in [5, 5.41) is 7.32. The fraction of sp³-hybridized carbons (Fsp3) is 0.455. The first-order valence-corrected chi connectivity index (χ1v) is 7.08. The number of aryl methyl sites for hydroxylation is 1. The number of hydrogen-bond acceptors (Lipinski definition) is 5. The molecule has 2 heterocycles. The average molecular weight is 251 g/mol. The molecule has 3 nitrogen and oxygen atoms in total. The second-order valence-electron chi connectivity index (χ2n) is 4.01. The van der Waals surface area contributed by atoms with Crippen molar-refractivity contribution in [1.29, 1.82) is 0 Å². The lowest BCUT2D eigenvalue weighted by molar-refractivity contribution is 1.03. The van der Waals surface area contributed by atoms with Crippen molar-refractivity contribution in [3.8, 4) is 10.6 Å². The maximum Gasteiger partial charge on any atom is 0.182 e. The van der Waals surface area contributed by atoms with Gasteiger partial charge in [-0.05, 0) is 19.8 Å². The van der Waals surface area contributed by atoms with Crippen molar-refractivity contribution in [2.45, 2.75) is 25.7 Å². The Kier molecular flexibility index (Phi) is 2.44. The van der Waals surface area contributed by atoms with E-state index < -0.39 is 0 Å². The lowest BCUT2D eigenvalue weighted by atomic mass is 10.2. The van der Waals surface area contributed by atoms with Crippen molar-refractivity contribution in [3.63, 3.8) is 0 Å². The molecule has 0 radical (unpaired) electrons. The van der Waals surface area contributed by atoms with E-state index in [0.29, 0.717) is 5.92 Å². The number of nitrogens with one attached hydrogen (secondary N) is 1. The van der Waals surface area contributed by atoms with Gasteiger partial charge in [-0.15, -0.1) is 22.7 Å². The molecule has 0 aromatic carbocycles. The minimum absolute atomic E-state index is 0.694. The van der Waals surface area contributed by atoms with Crippen molar-refractivity contribution in [2.75, 3.05) is 12.4 Å². The minimum Gasteiger partial charge on any atom is -0.365 e. The Morgan fingerprint density at radius 2 is 2.19 bits per heavy atom. The molecule has 2 aromatic heterocycles. The molecule has 0 atom stereocenters. The van der Waals surface area contributed by atoms with Gasteiger partial charge < -0.3 is 5.32 Å². The zero-order valence-corrected chi connectivity index (χ0v) is 10.9. The molecule has 1 aliphatic rings. The maximum absolute atomic E-state index is 4.65. The van der Waals surface area contributed by atoms with Crippen LogP contribution in [-0.4, -0.2) is 17.0 Å². The molecule has 1 saturated carbocycles. The SMILES string of the molecule is CNc1nc(-c2sc(C)nc2C2CC2)cs1. The lowest BCUT2D eigenvalue weighted by Crippen LogP contribution is -1.87. The summed E-state index contributed by atoms with van der Waals surface area (Å²) >= 11 is 3.42. The predicted octanol–water partition coefficient (Wildman–Crippen LogP) is 3.49. The first-order chi connectivity index (χ1) is 7.78. The van der Waals surface area contributed by atoms with Gasteiger partial charge in [0, 0.05) is 18.3 Å². The van der Waals surface area contributed by atoms with Crippen LogP contribution >= 0.6 is 22.7 Å². The van der Waals surface area contributed by atoms with Crippen molar-refractivity contribution < 1.29 is 0 Å². The summed E-state index contributed by atoms with van der Waals surface area (Å²) in [5.41, 5.74) is 2.36. The van der Waals surface area contributed by atoms with Crippen LogP contribution in [0.5, 0.6) is 0 Å². The largest absolute Gasteiger partial charge is 0.365 e. The fourth-order valence-electron chi connectivity index (χ4n) is 1.75. The molecular formula is C11H13N3S2. The Morgan fingerprint density at radius 3 is 2.81 bits per heavy atom. The van der Waals surface area contributed by atoms with Gasteiger partial charge in [-0.25, -0.2) is 9.97 Å². The van der Waals surface area contributed by atoms with Gasteiger partial charge in [0.15, 0.2) is 5.13 Å². The van der Waals surface area contributed by atoms with Gasteiger partial charge in [-0.1, -0.05) is 0 Å². The van der Waals surface area contributed by atoms with Crippen LogP contribution in [0, 0.1) is 6.92 Å². The summed E-state index contributed by atoms with van der Waals surface area (Å²) in [6.45, 7) is 2.07. The van der Waals surface area contributed by atoms with Gasteiger partial charge in [0.1, 0.15) is 0 Å². The Labute approximate surface area is 103 Å². The Hall–Kier alpha value is -0.940. The molecule has 16 heavy (non-hydrogen) atoms. The van der Waals surface area contributed by atoms with E-state index in [9.17, 15) is 0 Å². The third-order valence-corrected chi connectivity index (χ3v) is 4.54. The van der Waals surface area contributed by atoms with Crippen molar-refractivity contribution in [2.24, 2.45) is 0 Å². The molecule has 5 heteroatoms. The van der Waals surface area contributed by atoms with Crippen LogP contribution in [0.1, 0.15) is 29.5 Å². The standard InChI is InChI=1S/C11H13N3S2/c1-6-13-9(7-3-4-7)10(16-6)8-5-15-11(12-2)14-8/h5,7H,3-4H2,1-2H3,(H,12,14). The van der Waals surface area contributed by atoms with E-state index in [1.807, 2.05) is 7.05 Å². The summed E-state index contributed by atoms with van der Waals surface area (Å²) in [6, 6.07) is 0.